The first-order valence-corrected chi connectivity index (χ1v) is 6.76. The summed E-state index contributed by atoms with van der Waals surface area (Å²) in [5.41, 5.74) is 0. The van der Waals surface area contributed by atoms with Crippen molar-refractivity contribution in [2.45, 2.75) is 37.4 Å². The van der Waals surface area contributed by atoms with Gasteiger partial charge in [-0.3, -0.25) is 4.55 Å². The maximum atomic E-state index is 11.0. The van der Waals surface area contributed by atoms with E-state index >= 15 is 0 Å². The molecule has 78 valence electrons. The minimum absolute atomic E-state index is 0.112. The summed E-state index contributed by atoms with van der Waals surface area (Å²) in [6, 6.07) is 0. The summed E-state index contributed by atoms with van der Waals surface area (Å²) in [6.45, 7) is 0. The van der Waals surface area contributed by atoms with Gasteiger partial charge in [-0.15, -0.1) is 0 Å². The average molecular weight is 224 g/mol. The minimum atomic E-state index is -3.89. The molecule has 0 aromatic carbocycles. The lowest BCUT2D eigenvalue weighted by molar-refractivity contribution is 0.337. The van der Waals surface area contributed by atoms with E-state index in [2.05, 4.69) is 12.6 Å². The molecule has 0 aliphatic heterocycles. The maximum absolute atomic E-state index is 11.0. The fourth-order valence-corrected chi connectivity index (χ4v) is 3.80. The third-order valence-electron chi connectivity index (χ3n) is 2.74. The van der Waals surface area contributed by atoms with E-state index in [9.17, 15) is 8.42 Å². The van der Waals surface area contributed by atoms with Crippen molar-refractivity contribution < 1.29 is 13.0 Å². The van der Waals surface area contributed by atoms with E-state index in [1.165, 1.54) is 6.42 Å². The molecule has 1 N–H and O–H groups in total. The van der Waals surface area contributed by atoms with Crippen LogP contribution in [0.4, 0.5) is 0 Å². The third-order valence-corrected chi connectivity index (χ3v) is 4.70. The molecule has 0 spiro atoms. The highest BCUT2D eigenvalue weighted by Crippen LogP contribution is 2.29. The van der Waals surface area contributed by atoms with Gasteiger partial charge in [0.1, 0.15) is 0 Å². The molecule has 0 amide bonds. The van der Waals surface area contributed by atoms with Crippen molar-refractivity contribution in [1.29, 1.82) is 0 Å². The van der Waals surface area contributed by atoms with E-state index in [-0.39, 0.29) is 11.7 Å². The van der Waals surface area contributed by atoms with Crippen LogP contribution in [-0.4, -0.2) is 24.0 Å². The Morgan fingerprint density at radius 3 is 2.23 bits per heavy atom. The molecule has 0 saturated heterocycles. The zero-order valence-corrected chi connectivity index (χ0v) is 9.23. The monoisotopic (exact) mass is 224 g/mol. The van der Waals surface area contributed by atoms with Crippen molar-refractivity contribution in [3.8, 4) is 0 Å². The second-order valence-electron chi connectivity index (χ2n) is 3.63. The predicted octanol–water partition coefficient (Wildman–Crippen LogP) is 1.75. The SMILES string of the molecule is O=S(=O)(O)C(CS)C1CCCCC1. The summed E-state index contributed by atoms with van der Waals surface area (Å²) >= 11 is 3.98. The van der Waals surface area contributed by atoms with Gasteiger partial charge < -0.3 is 0 Å². The summed E-state index contributed by atoms with van der Waals surface area (Å²) in [5.74, 6) is 0.338. The lowest BCUT2D eigenvalue weighted by atomic mass is 9.87. The molecule has 5 heteroatoms. The first kappa shape index (κ1) is 11.3. The van der Waals surface area contributed by atoms with Crippen LogP contribution in [0.1, 0.15) is 32.1 Å². The van der Waals surface area contributed by atoms with E-state index in [0.29, 0.717) is 0 Å². The smallest absolute Gasteiger partial charge is 0.268 e. The molecule has 0 heterocycles. The Balaban J connectivity index is 2.65. The van der Waals surface area contributed by atoms with Crippen molar-refractivity contribution in [1.82, 2.24) is 0 Å². The molecule has 1 saturated carbocycles. The van der Waals surface area contributed by atoms with Gasteiger partial charge in [0.15, 0.2) is 0 Å². The molecule has 1 rings (SSSR count). The van der Waals surface area contributed by atoms with E-state index in [4.69, 9.17) is 4.55 Å². The highest BCUT2D eigenvalue weighted by atomic mass is 32.2. The largest absolute Gasteiger partial charge is 0.285 e. The standard InChI is InChI=1S/C8H16O3S2/c9-13(10,11)8(6-12)7-4-2-1-3-5-7/h7-8,12H,1-6H2,(H,9,10,11). The lowest BCUT2D eigenvalue weighted by Crippen LogP contribution is -2.32. The van der Waals surface area contributed by atoms with Crippen LogP contribution in [0.3, 0.4) is 0 Å². The van der Waals surface area contributed by atoms with Gasteiger partial charge >= 0.3 is 0 Å². The molecule has 1 fully saturated rings. The Bertz CT molecular complexity index is 242. The molecule has 0 aromatic rings. The second-order valence-corrected chi connectivity index (χ2v) is 5.63. The number of rotatable bonds is 3. The number of hydrogen-bond acceptors (Lipinski definition) is 3. The Morgan fingerprint density at radius 1 is 1.31 bits per heavy atom. The van der Waals surface area contributed by atoms with Crippen LogP contribution in [0.25, 0.3) is 0 Å². The van der Waals surface area contributed by atoms with Gasteiger partial charge in [0.05, 0.1) is 5.25 Å². The first-order chi connectivity index (χ1) is 6.05. The molecule has 0 aromatic heterocycles. The van der Waals surface area contributed by atoms with Crippen molar-refractivity contribution >= 4 is 22.7 Å². The molecule has 13 heavy (non-hydrogen) atoms. The summed E-state index contributed by atoms with van der Waals surface area (Å²) in [4.78, 5) is 0. The molecule has 3 nitrogen and oxygen atoms in total. The molecular formula is C8H16O3S2. The summed E-state index contributed by atoms with van der Waals surface area (Å²) < 4.78 is 30.9. The van der Waals surface area contributed by atoms with E-state index in [1.54, 1.807) is 0 Å². The maximum Gasteiger partial charge on any atom is 0.268 e. The zero-order valence-electron chi connectivity index (χ0n) is 7.52. The predicted molar refractivity (Wildman–Crippen MR) is 55.8 cm³/mol. The van der Waals surface area contributed by atoms with Crippen LogP contribution >= 0.6 is 12.6 Å². The quantitative estimate of drug-likeness (QED) is 0.567. The average Bonchev–Trinajstić information content (AvgIpc) is 2.05. The Kier molecular flexibility index (Phi) is 4.06. The highest BCUT2D eigenvalue weighted by Gasteiger charge is 2.31. The molecule has 1 aliphatic rings. The Morgan fingerprint density at radius 2 is 1.85 bits per heavy atom. The van der Waals surface area contributed by atoms with Gasteiger partial charge in [-0.2, -0.15) is 21.0 Å². The van der Waals surface area contributed by atoms with E-state index in [1.807, 2.05) is 0 Å². The highest BCUT2D eigenvalue weighted by molar-refractivity contribution is 7.88. The van der Waals surface area contributed by atoms with Crippen LogP contribution in [0.15, 0.2) is 0 Å². The Hall–Kier alpha value is 0.260. The van der Waals surface area contributed by atoms with E-state index < -0.39 is 15.4 Å². The minimum Gasteiger partial charge on any atom is -0.285 e. The Labute approximate surface area is 85.1 Å². The molecule has 1 aliphatic carbocycles. The molecule has 1 unspecified atom stereocenters. The van der Waals surface area contributed by atoms with Gasteiger partial charge in [-0.1, -0.05) is 19.3 Å². The van der Waals surface area contributed by atoms with Crippen molar-refractivity contribution in [2.24, 2.45) is 5.92 Å². The van der Waals surface area contributed by atoms with Crippen LogP contribution in [0, 0.1) is 5.92 Å². The lowest BCUT2D eigenvalue weighted by Gasteiger charge is -2.26. The van der Waals surface area contributed by atoms with Gasteiger partial charge in [-0.25, -0.2) is 0 Å². The first-order valence-electron chi connectivity index (χ1n) is 4.63. The molecule has 0 radical (unpaired) electrons. The molecular weight excluding hydrogens is 208 g/mol. The summed E-state index contributed by atoms with van der Waals surface area (Å²) in [5, 5.41) is -0.656. The van der Waals surface area contributed by atoms with Crippen LogP contribution in [0.5, 0.6) is 0 Å². The van der Waals surface area contributed by atoms with Gasteiger partial charge in [-0.05, 0) is 18.8 Å². The number of thiol groups is 1. The third kappa shape index (κ3) is 3.14. The topological polar surface area (TPSA) is 54.4 Å². The van der Waals surface area contributed by atoms with Gasteiger partial charge in [0.2, 0.25) is 0 Å². The van der Waals surface area contributed by atoms with Crippen molar-refractivity contribution in [3.05, 3.63) is 0 Å². The summed E-state index contributed by atoms with van der Waals surface area (Å²) in [7, 11) is -3.89. The van der Waals surface area contributed by atoms with Gasteiger partial charge in [0, 0.05) is 5.75 Å². The van der Waals surface area contributed by atoms with Gasteiger partial charge in [0.25, 0.3) is 10.1 Å². The fraction of sp³-hybridized carbons (Fsp3) is 1.00. The van der Waals surface area contributed by atoms with E-state index in [0.717, 1.165) is 25.7 Å². The fourth-order valence-electron chi connectivity index (χ4n) is 1.99. The van der Waals surface area contributed by atoms with Crippen LogP contribution in [-0.2, 0) is 10.1 Å². The second kappa shape index (κ2) is 4.66. The van der Waals surface area contributed by atoms with Crippen molar-refractivity contribution in [2.75, 3.05) is 5.75 Å². The zero-order chi connectivity index (χ0) is 9.90. The summed E-state index contributed by atoms with van der Waals surface area (Å²) in [6.07, 6.45) is 5.15. The van der Waals surface area contributed by atoms with Crippen LogP contribution in [0.2, 0.25) is 0 Å². The normalized spacial score (nSPS) is 22.9. The molecule has 1 atom stereocenters. The molecule has 0 bridgehead atoms. The number of hydrogen-bond donors (Lipinski definition) is 2. The van der Waals surface area contributed by atoms with Crippen molar-refractivity contribution in [3.63, 3.8) is 0 Å². The van der Waals surface area contributed by atoms with Crippen LogP contribution < -0.4 is 0 Å².